The molecule has 6 heterocycles. The fourth-order valence-corrected chi connectivity index (χ4v) is 13.3. The van der Waals surface area contributed by atoms with Gasteiger partial charge in [-0.05, 0) is 138 Å². The lowest BCUT2D eigenvalue weighted by Gasteiger charge is -2.42. The van der Waals surface area contributed by atoms with Gasteiger partial charge in [0, 0.05) is 82.3 Å². The molecule has 0 amide bonds. The van der Waals surface area contributed by atoms with Gasteiger partial charge >= 0.3 is 6.85 Å². The van der Waals surface area contributed by atoms with E-state index in [0.29, 0.717) is 0 Å². The highest BCUT2D eigenvalue weighted by Crippen LogP contribution is 2.54. The van der Waals surface area contributed by atoms with Gasteiger partial charge in [0.2, 0.25) is 0 Å². The summed E-state index contributed by atoms with van der Waals surface area (Å²) in [7, 11) is 0. The Hall–Kier alpha value is -7.50. The Morgan fingerprint density at radius 2 is 0.973 bits per heavy atom. The lowest BCUT2D eigenvalue weighted by Crippen LogP contribution is -2.57. The summed E-state index contributed by atoms with van der Waals surface area (Å²) in [4.78, 5) is 2.69. The van der Waals surface area contributed by atoms with E-state index in [9.17, 15) is 0 Å². The molecule has 2 aliphatic rings. The van der Waals surface area contributed by atoms with Gasteiger partial charge in [0.15, 0.2) is 0 Å². The Labute approximate surface area is 427 Å². The largest absolute Gasteiger partial charge is 0.455 e. The highest BCUT2D eigenvalue weighted by atomic mass is 16.3. The van der Waals surface area contributed by atoms with Crippen molar-refractivity contribution in [2.24, 2.45) is 0 Å². The Bertz CT molecular complexity index is 4570. The number of para-hydroxylation sites is 2. The molecule has 0 saturated carbocycles. The van der Waals surface area contributed by atoms with E-state index in [4.69, 9.17) is 4.42 Å². The molecule has 0 aliphatic carbocycles. The van der Waals surface area contributed by atoms with Gasteiger partial charge in [-0.2, -0.15) is 0 Å². The van der Waals surface area contributed by atoms with Crippen molar-refractivity contribution in [3.05, 3.63) is 168 Å². The lowest BCUT2D eigenvalue weighted by atomic mass is 9.44. The molecule has 4 nitrogen and oxygen atoms in total. The number of aromatic nitrogens is 2. The normalized spacial score (nSPS) is 14.2. The van der Waals surface area contributed by atoms with E-state index in [-0.39, 0.29) is 28.5 Å². The van der Waals surface area contributed by atoms with Crippen LogP contribution in [0.15, 0.2) is 150 Å². The average molecular weight is 946 g/mol. The number of benzene rings is 9. The molecule has 5 heteroatoms. The highest BCUT2D eigenvalue weighted by molar-refractivity contribution is 6.92. The van der Waals surface area contributed by atoms with Crippen LogP contribution in [0.25, 0.3) is 104 Å². The van der Waals surface area contributed by atoms with E-state index < -0.39 is 0 Å². The number of anilines is 3. The molecule has 73 heavy (non-hydrogen) atoms. The number of hydrogen-bond acceptors (Lipinski definition) is 2. The third-order valence-electron chi connectivity index (χ3n) is 17.1. The van der Waals surface area contributed by atoms with Crippen LogP contribution in [-0.2, 0) is 21.7 Å². The van der Waals surface area contributed by atoms with Crippen molar-refractivity contribution in [2.75, 3.05) is 4.90 Å². The molecule has 356 valence electrons. The maximum atomic E-state index is 7.50. The second kappa shape index (κ2) is 13.8. The van der Waals surface area contributed by atoms with Gasteiger partial charge < -0.3 is 18.2 Å². The minimum Gasteiger partial charge on any atom is -0.455 e. The van der Waals surface area contributed by atoms with E-state index in [0.717, 1.165) is 21.9 Å². The van der Waals surface area contributed by atoms with Crippen molar-refractivity contribution < 1.29 is 4.42 Å². The van der Waals surface area contributed by atoms with Crippen LogP contribution in [-0.4, -0.2) is 15.7 Å². The molecule has 0 spiro atoms. The van der Waals surface area contributed by atoms with E-state index in [1.54, 1.807) is 0 Å². The smallest absolute Gasteiger partial charge is 0.333 e. The van der Waals surface area contributed by atoms with Crippen molar-refractivity contribution in [1.82, 2.24) is 8.88 Å². The predicted octanol–water partition coefficient (Wildman–Crippen LogP) is 17.6. The first kappa shape index (κ1) is 43.1. The first-order valence-electron chi connectivity index (χ1n) is 26.4. The maximum Gasteiger partial charge on any atom is 0.333 e. The van der Waals surface area contributed by atoms with Crippen LogP contribution < -0.4 is 15.8 Å². The Kier molecular flexibility index (Phi) is 8.13. The number of furan rings is 1. The lowest BCUT2D eigenvalue weighted by molar-refractivity contribution is 0.569. The summed E-state index contributed by atoms with van der Waals surface area (Å²) in [5.41, 5.74) is 21.8. The monoisotopic (exact) mass is 945 g/mol. The maximum absolute atomic E-state index is 7.50. The van der Waals surface area contributed by atoms with Crippen molar-refractivity contribution in [3.63, 3.8) is 0 Å². The zero-order chi connectivity index (χ0) is 50.2. The van der Waals surface area contributed by atoms with E-state index in [1.165, 1.54) is 132 Å². The average Bonchev–Trinajstić information content (AvgIpc) is 4.08. The van der Waals surface area contributed by atoms with Gasteiger partial charge in [-0.25, -0.2) is 0 Å². The van der Waals surface area contributed by atoms with Gasteiger partial charge in [0.05, 0.1) is 16.6 Å². The topological polar surface area (TPSA) is 25.7 Å². The SMILES string of the molecule is CC(C)(C)c1cc(N2c3cc4c(oc5cc6ccccc6cc54)c4c3B(c3c2cc2c5ccccc5n5c6ccccc6c3c25)n2c3ccc(C(C)(C)C)cc3c3cc(C(C)(C)C)cc-4c32)cc(C(C)(C)C)c1. The second-order valence-electron chi connectivity index (χ2n) is 25.8. The van der Waals surface area contributed by atoms with Crippen LogP contribution in [0.3, 0.4) is 0 Å². The summed E-state index contributed by atoms with van der Waals surface area (Å²) in [6, 6.07) is 56.6. The molecular weight excluding hydrogens is 886 g/mol. The molecule has 0 fully saturated rings. The molecule has 4 aromatic heterocycles. The summed E-state index contributed by atoms with van der Waals surface area (Å²) in [5, 5.41) is 12.4. The summed E-state index contributed by atoms with van der Waals surface area (Å²) >= 11 is 0. The van der Waals surface area contributed by atoms with Crippen LogP contribution in [0.1, 0.15) is 105 Å². The molecule has 0 unspecified atom stereocenters. The highest BCUT2D eigenvalue weighted by Gasteiger charge is 2.47. The van der Waals surface area contributed by atoms with Crippen molar-refractivity contribution in [3.8, 4) is 11.1 Å². The van der Waals surface area contributed by atoms with Gasteiger partial charge in [-0.15, -0.1) is 0 Å². The molecule has 0 atom stereocenters. The van der Waals surface area contributed by atoms with E-state index >= 15 is 0 Å². The molecule has 13 aromatic rings. The van der Waals surface area contributed by atoms with Crippen molar-refractivity contribution >= 4 is 127 Å². The Morgan fingerprint density at radius 1 is 0.411 bits per heavy atom. The van der Waals surface area contributed by atoms with Crippen LogP contribution >= 0.6 is 0 Å². The zero-order valence-electron chi connectivity index (χ0n) is 44.2. The van der Waals surface area contributed by atoms with Gasteiger partial charge in [0.1, 0.15) is 11.2 Å². The van der Waals surface area contributed by atoms with Crippen molar-refractivity contribution in [2.45, 2.75) is 105 Å². The van der Waals surface area contributed by atoms with Gasteiger partial charge in [0.25, 0.3) is 0 Å². The van der Waals surface area contributed by atoms with E-state index in [1.807, 2.05) is 0 Å². The molecule has 0 saturated heterocycles. The number of nitrogens with zero attached hydrogens (tertiary/aromatic N) is 3. The fraction of sp³-hybridized carbons (Fsp3) is 0.235. The van der Waals surface area contributed by atoms with Crippen LogP contribution in [0, 0.1) is 0 Å². The summed E-state index contributed by atoms with van der Waals surface area (Å²) < 4.78 is 12.8. The summed E-state index contributed by atoms with van der Waals surface area (Å²) in [6.45, 7) is 28.1. The second-order valence-corrected chi connectivity index (χ2v) is 25.8. The Morgan fingerprint density at radius 3 is 1.66 bits per heavy atom. The minimum absolute atomic E-state index is 0.0343. The van der Waals surface area contributed by atoms with Crippen LogP contribution in [0.5, 0.6) is 0 Å². The first-order chi connectivity index (χ1) is 34.7. The molecule has 9 aromatic carbocycles. The predicted molar refractivity (Wildman–Crippen MR) is 314 cm³/mol. The van der Waals surface area contributed by atoms with Crippen molar-refractivity contribution in [1.29, 1.82) is 0 Å². The molecule has 2 aliphatic heterocycles. The molecular formula is C68H60BN3O. The number of rotatable bonds is 1. The third-order valence-corrected chi connectivity index (χ3v) is 17.1. The molecule has 0 bridgehead atoms. The first-order valence-corrected chi connectivity index (χ1v) is 26.4. The van der Waals surface area contributed by atoms with Gasteiger partial charge in [-0.3, -0.25) is 0 Å². The van der Waals surface area contributed by atoms with Crippen LogP contribution in [0.2, 0.25) is 0 Å². The quantitative estimate of drug-likeness (QED) is 0.153. The summed E-state index contributed by atoms with van der Waals surface area (Å²) in [6.07, 6.45) is 0. The third kappa shape index (κ3) is 5.69. The standard InChI is InChI=1S/C68H60BN3O/c1-65(2,3)39-25-26-54-46(32-39)48-33-42(68(10,11)12)34-51-59-61-56(36-50-47-27-37-19-13-14-20-38(37)28-57(47)73-64(50)59)70(43-30-40(66(4,5)6)29-41(31-43)67(7,8)9)55-35-49-44-21-15-17-23-52(44)71-53-24-18-16-22-45(53)58(63(49)71)60(55)69(61)72(54)62(48)51/h13-36H,1-12H3. The van der Waals surface area contributed by atoms with Crippen LogP contribution in [0.4, 0.5) is 17.1 Å². The number of hydrogen-bond donors (Lipinski definition) is 0. The molecule has 0 radical (unpaired) electrons. The van der Waals surface area contributed by atoms with E-state index in [2.05, 4.69) is 242 Å². The number of fused-ring (bicyclic) bond motifs is 19. The molecule has 0 N–H and O–H groups in total. The van der Waals surface area contributed by atoms with Gasteiger partial charge in [-0.1, -0.05) is 156 Å². The Balaban J connectivity index is 1.23. The summed E-state index contributed by atoms with van der Waals surface area (Å²) in [5.74, 6) is 0. The molecule has 15 rings (SSSR count). The zero-order valence-corrected chi connectivity index (χ0v) is 44.2. The fourth-order valence-electron chi connectivity index (χ4n) is 13.3. The minimum atomic E-state index is -0.202.